The molecule has 0 radical (unpaired) electrons. The molecule has 0 aliphatic heterocycles. The van der Waals surface area contributed by atoms with Crippen LogP contribution in [0.25, 0.3) is 0 Å². The fraction of sp³-hybridized carbons (Fsp3) is 0.667. The molecule has 0 bridgehead atoms. The zero-order valence-electron chi connectivity index (χ0n) is 9.66. The summed E-state index contributed by atoms with van der Waals surface area (Å²) in [5.74, 6) is 0. The topological polar surface area (TPSA) is 25.8 Å². The van der Waals surface area contributed by atoms with Crippen LogP contribution in [0.5, 0.6) is 0 Å². The number of nitrogens with zero attached hydrogens (tertiary/aromatic N) is 2. The highest BCUT2D eigenvalue weighted by atomic mass is 14.8. The van der Waals surface area contributed by atoms with Crippen LogP contribution >= 0.6 is 0 Å². The summed E-state index contributed by atoms with van der Waals surface area (Å²) in [5, 5.41) is 0. The van der Waals surface area contributed by atoms with Gasteiger partial charge in [-0.25, -0.2) is 9.97 Å². The second-order valence-corrected chi connectivity index (χ2v) is 3.41. The number of hydrogen-bond donors (Lipinski definition) is 0. The van der Waals surface area contributed by atoms with Crippen LogP contribution in [0.2, 0.25) is 0 Å². The van der Waals surface area contributed by atoms with Crippen molar-refractivity contribution in [2.24, 2.45) is 0 Å². The van der Waals surface area contributed by atoms with Gasteiger partial charge in [0.25, 0.3) is 0 Å². The molecule has 1 rings (SSSR count). The normalized spacial score (nSPS) is 9.07. The standard InChI is InChI=1S/C7H16.C5H6N2/c1-3-5-7-6-4-2;1-5-2-3-6-4-7-5/h3-7H2,1-2H3;2-4H,1H3. The Balaban J connectivity index is 0.000000241. The number of aromatic nitrogens is 2. The van der Waals surface area contributed by atoms with Crippen molar-refractivity contribution >= 4 is 0 Å². The summed E-state index contributed by atoms with van der Waals surface area (Å²) in [6.45, 7) is 6.42. The van der Waals surface area contributed by atoms with Crippen molar-refractivity contribution in [1.82, 2.24) is 9.97 Å². The summed E-state index contributed by atoms with van der Waals surface area (Å²) in [5.41, 5.74) is 1.01. The van der Waals surface area contributed by atoms with E-state index in [1.165, 1.54) is 38.4 Å². The predicted molar refractivity (Wildman–Crippen MR) is 61.2 cm³/mol. The summed E-state index contributed by atoms with van der Waals surface area (Å²) in [6.07, 6.45) is 10.3. The number of hydrogen-bond acceptors (Lipinski definition) is 2. The van der Waals surface area contributed by atoms with E-state index < -0.39 is 0 Å². The van der Waals surface area contributed by atoms with Crippen molar-refractivity contribution in [3.8, 4) is 0 Å². The van der Waals surface area contributed by atoms with Crippen molar-refractivity contribution in [2.75, 3.05) is 0 Å². The fourth-order valence-corrected chi connectivity index (χ4v) is 1.03. The smallest absolute Gasteiger partial charge is 0.115 e. The first-order valence-corrected chi connectivity index (χ1v) is 5.53. The molecule has 1 heterocycles. The molecule has 0 aliphatic carbocycles. The maximum absolute atomic E-state index is 3.87. The Bertz CT molecular complexity index is 193. The monoisotopic (exact) mass is 194 g/mol. The fourth-order valence-electron chi connectivity index (χ4n) is 1.03. The van der Waals surface area contributed by atoms with Gasteiger partial charge in [0, 0.05) is 11.9 Å². The molecule has 0 unspecified atom stereocenters. The lowest BCUT2D eigenvalue weighted by molar-refractivity contribution is 0.656. The van der Waals surface area contributed by atoms with Crippen LogP contribution in [0.4, 0.5) is 0 Å². The minimum Gasteiger partial charge on any atom is -0.245 e. The van der Waals surface area contributed by atoms with Gasteiger partial charge < -0.3 is 0 Å². The van der Waals surface area contributed by atoms with Gasteiger partial charge in [-0.15, -0.1) is 0 Å². The van der Waals surface area contributed by atoms with Gasteiger partial charge in [-0.3, -0.25) is 0 Å². The maximum Gasteiger partial charge on any atom is 0.115 e. The zero-order valence-corrected chi connectivity index (χ0v) is 9.66. The van der Waals surface area contributed by atoms with E-state index in [9.17, 15) is 0 Å². The van der Waals surface area contributed by atoms with Crippen molar-refractivity contribution in [1.29, 1.82) is 0 Å². The molecular formula is C12H22N2. The predicted octanol–water partition coefficient (Wildman–Crippen LogP) is 3.76. The van der Waals surface area contributed by atoms with Crippen LogP contribution in [0.15, 0.2) is 18.6 Å². The molecule has 0 spiro atoms. The quantitative estimate of drug-likeness (QED) is 0.682. The summed E-state index contributed by atoms with van der Waals surface area (Å²) in [4.78, 5) is 7.60. The second kappa shape index (κ2) is 10.2. The van der Waals surface area contributed by atoms with Gasteiger partial charge in [0.2, 0.25) is 0 Å². The van der Waals surface area contributed by atoms with Gasteiger partial charge in [0.15, 0.2) is 0 Å². The van der Waals surface area contributed by atoms with Crippen molar-refractivity contribution < 1.29 is 0 Å². The van der Waals surface area contributed by atoms with Crippen LogP contribution < -0.4 is 0 Å². The molecule has 2 heteroatoms. The van der Waals surface area contributed by atoms with E-state index in [4.69, 9.17) is 0 Å². The summed E-state index contributed by atoms with van der Waals surface area (Å²) >= 11 is 0. The van der Waals surface area contributed by atoms with Gasteiger partial charge >= 0.3 is 0 Å². The Kier molecular flexibility index (Phi) is 9.49. The third kappa shape index (κ3) is 9.17. The maximum atomic E-state index is 3.87. The Labute approximate surface area is 87.8 Å². The number of aryl methyl sites for hydroxylation is 1. The molecule has 80 valence electrons. The molecule has 0 N–H and O–H groups in total. The lowest BCUT2D eigenvalue weighted by atomic mass is 10.2. The third-order valence-corrected chi connectivity index (χ3v) is 1.94. The van der Waals surface area contributed by atoms with E-state index in [1.54, 1.807) is 6.20 Å². The first kappa shape index (κ1) is 13.1. The van der Waals surface area contributed by atoms with E-state index in [0.717, 1.165) is 5.69 Å². The molecule has 14 heavy (non-hydrogen) atoms. The van der Waals surface area contributed by atoms with Crippen LogP contribution in [-0.2, 0) is 0 Å². The Morgan fingerprint density at radius 2 is 1.71 bits per heavy atom. The molecule has 0 atom stereocenters. The highest BCUT2D eigenvalue weighted by Gasteiger charge is 1.80. The Morgan fingerprint density at radius 1 is 1.07 bits per heavy atom. The zero-order chi connectivity index (χ0) is 10.6. The van der Waals surface area contributed by atoms with E-state index in [1.807, 2.05) is 13.0 Å². The Hall–Kier alpha value is -0.920. The first-order chi connectivity index (χ1) is 6.81. The van der Waals surface area contributed by atoms with Crippen LogP contribution in [0, 0.1) is 6.92 Å². The van der Waals surface area contributed by atoms with E-state index >= 15 is 0 Å². The van der Waals surface area contributed by atoms with Gasteiger partial charge in [-0.1, -0.05) is 46.0 Å². The van der Waals surface area contributed by atoms with Gasteiger partial charge in [-0.05, 0) is 13.0 Å². The molecule has 1 aromatic rings. The van der Waals surface area contributed by atoms with E-state index in [-0.39, 0.29) is 0 Å². The minimum atomic E-state index is 1.01. The molecule has 0 saturated carbocycles. The molecule has 0 amide bonds. The molecule has 0 fully saturated rings. The molecule has 0 aliphatic rings. The van der Waals surface area contributed by atoms with Crippen molar-refractivity contribution in [3.63, 3.8) is 0 Å². The van der Waals surface area contributed by atoms with Gasteiger partial charge in [0.1, 0.15) is 6.33 Å². The molecule has 1 aromatic heterocycles. The van der Waals surface area contributed by atoms with E-state index in [0.29, 0.717) is 0 Å². The van der Waals surface area contributed by atoms with Crippen LogP contribution in [-0.4, -0.2) is 9.97 Å². The van der Waals surface area contributed by atoms with Crippen molar-refractivity contribution in [2.45, 2.75) is 52.9 Å². The van der Waals surface area contributed by atoms with Crippen LogP contribution in [0.3, 0.4) is 0 Å². The largest absolute Gasteiger partial charge is 0.245 e. The highest BCUT2D eigenvalue weighted by Crippen LogP contribution is 2.00. The average molecular weight is 194 g/mol. The minimum absolute atomic E-state index is 1.01. The number of unbranched alkanes of at least 4 members (excludes halogenated alkanes) is 4. The summed E-state index contributed by atoms with van der Waals surface area (Å²) in [7, 11) is 0. The molecular weight excluding hydrogens is 172 g/mol. The number of rotatable bonds is 4. The molecule has 2 nitrogen and oxygen atoms in total. The average Bonchev–Trinajstić information content (AvgIpc) is 2.21. The lowest BCUT2D eigenvalue weighted by Gasteiger charge is -1.90. The summed E-state index contributed by atoms with van der Waals surface area (Å²) < 4.78 is 0. The van der Waals surface area contributed by atoms with Crippen LogP contribution in [0.1, 0.15) is 51.6 Å². The highest BCUT2D eigenvalue weighted by molar-refractivity contribution is 4.92. The van der Waals surface area contributed by atoms with E-state index in [2.05, 4.69) is 23.8 Å². The SMILES string of the molecule is CCCCCCC.Cc1ccncn1. The summed E-state index contributed by atoms with van der Waals surface area (Å²) in [6, 6.07) is 1.86. The van der Waals surface area contributed by atoms with Crippen molar-refractivity contribution in [3.05, 3.63) is 24.3 Å². The van der Waals surface area contributed by atoms with Gasteiger partial charge in [0.05, 0.1) is 0 Å². The molecule has 0 aromatic carbocycles. The third-order valence-electron chi connectivity index (χ3n) is 1.94. The first-order valence-electron chi connectivity index (χ1n) is 5.53. The molecule has 0 saturated heterocycles. The second-order valence-electron chi connectivity index (χ2n) is 3.41. The Morgan fingerprint density at radius 3 is 2.00 bits per heavy atom. The lowest BCUT2D eigenvalue weighted by Crippen LogP contribution is -1.77. The van der Waals surface area contributed by atoms with Gasteiger partial charge in [-0.2, -0.15) is 0 Å².